The zero-order chi connectivity index (χ0) is 19.2. The Labute approximate surface area is 162 Å². The fourth-order valence-corrected chi connectivity index (χ4v) is 3.96. The van der Waals surface area contributed by atoms with E-state index in [0.29, 0.717) is 12.3 Å². The van der Waals surface area contributed by atoms with Gasteiger partial charge in [-0.15, -0.1) is 0 Å². The van der Waals surface area contributed by atoms with Gasteiger partial charge in [-0.3, -0.25) is 10.3 Å². The number of likely N-dealkylation sites (tertiary alicyclic amines) is 1. The lowest BCUT2D eigenvalue weighted by atomic mass is 9.89. The van der Waals surface area contributed by atoms with Gasteiger partial charge in [0.15, 0.2) is 0 Å². The molecule has 3 heterocycles. The largest absolute Gasteiger partial charge is 0.495 e. The third kappa shape index (κ3) is 5.15. The Bertz CT molecular complexity index is 752. The number of β-amino-alcohol motifs (C(OH)–C–C–N with tert-alkyl or cyclic N) is 1. The lowest BCUT2D eigenvalue weighted by Gasteiger charge is -2.38. The summed E-state index contributed by atoms with van der Waals surface area (Å²) in [6.45, 7) is 4.17. The monoisotopic (exact) mass is 391 g/mol. The number of urea groups is 1. The van der Waals surface area contributed by atoms with Gasteiger partial charge in [-0.05, 0) is 43.1 Å². The first-order valence-electron chi connectivity index (χ1n) is 8.93. The number of amides is 2. The fourth-order valence-electron chi connectivity index (χ4n) is 3.31. The van der Waals surface area contributed by atoms with Gasteiger partial charge in [0.2, 0.25) is 0 Å². The number of methoxy groups -OCH3 is 1. The number of piperidine rings is 1. The van der Waals surface area contributed by atoms with Gasteiger partial charge >= 0.3 is 6.03 Å². The molecule has 1 aliphatic rings. The number of anilines is 1. The minimum absolute atomic E-state index is 0.0325. The molecule has 2 atom stereocenters. The van der Waals surface area contributed by atoms with Crippen LogP contribution >= 0.6 is 11.5 Å². The number of rotatable bonds is 6. The SMILES string of the molecule is COc1ccc(C2CN(CCO)CCC2NC(=O)Nc2cc(C)ns2)nc1. The number of hydrogen-bond acceptors (Lipinski definition) is 7. The number of aryl methyl sites for hydroxylation is 1. The summed E-state index contributed by atoms with van der Waals surface area (Å²) in [5.74, 6) is 0.731. The lowest BCUT2D eigenvalue weighted by Crippen LogP contribution is -2.51. The molecule has 3 N–H and O–H groups in total. The second-order valence-corrected chi connectivity index (χ2v) is 7.38. The fraction of sp³-hybridized carbons (Fsp3) is 0.500. The van der Waals surface area contributed by atoms with Crippen LogP contribution < -0.4 is 15.4 Å². The maximum absolute atomic E-state index is 12.4. The summed E-state index contributed by atoms with van der Waals surface area (Å²) < 4.78 is 9.36. The number of ether oxygens (including phenoxy) is 1. The summed E-state index contributed by atoms with van der Waals surface area (Å²) in [6, 6.07) is 5.37. The van der Waals surface area contributed by atoms with Gasteiger partial charge in [0.05, 0.1) is 25.6 Å². The van der Waals surface area contributed by atoms with E-state index < -0.39 is 0 Å². The molecular weight excluding hydrogens is 366 g/mol. The summed E-state index contributed by atoms with van der Waals surface area (Å²) in [4.78, 5) is 19.1. The molecule has 1 fully saturated rings. The number of aromatic nitrogens is 2. The Balaban J connectivity index is 1.70. The van der Waals surface area contributed by atoms with E-state index in [1.165, 1.54) is 11.5 Å². The van der Waals surface area contributed by atoms with Crippen molar-refractivity contribution in [2.75, 3.05) is 38.7 Å². The number of carbonyl (C=O) groups is 1. The van der Waals surface area contributed by atoms with Crippen LogP contribution in [0.5, 0.6) is 5.75 Å². The van der Waals surface area contributed by atoms with Crippen LogP contribution in [0.15, 0.2) is 24.4 Å². The summed E-state index contributed by atoms with van der Waals surface area (Å²) in [7, 11) is 1.61. The van der Waals surface area contributed by atoms with Gasteiger partial charge in [0, 0.05) is 37.3 Å². The molecule has 0 bridgehead atoms. The van der Waals surface area contributed by atoms with Gasteiger partial charge in [0.25, 0.3) is 0 Å². The molecule has 2 aromatic rings. The second kappa shape index (κ2) is 9.12. The molecule has 0 saturated carbocycles. The van der Waals surface area contributed by atoms with Crippen LogP contribution in [0.2, 0.25) is 0 Å². The van der Waals surface area contributed by atoms with Gasteiger partial charge in [-0.1, -0.05) is 0 Å². The van der Waals surface area contributed by atoms with Crippen LogP contribution in [0.3, 0.4) is 0 Å². The minimum Gasteiger partial charge on any atom is -0.495 e. The molecule has 0 aliphatic carbocycles. The molecule has 146 valence electrons. The molecule has 2 amide bonds. The molecule has 2 aromatic heterocycles. The smallest absolute Gasteiger partial charge is 0.320 e. The van der Waals surface area contributed by atoms with Crippen molar-refractivity contribution in [2.24, 2.45) is 0 Å². The molecule has 0 aromatic carbocycles. The van der Waals surface area contributed by atoms with Crippen molar-refractivity contribution in [1.29, 1.82) is 0 Å². The van der Waals surface area contributed by atoms with Crippen molar-refractivity contribution in [1.82, 2.24) is 19.6 Å². The average Bonchev–Trinajstić information content (AvgIpc) is 3.08. The molecular formula is C18H25N5O3S. The molecule has 3 rings (SSSR count). The van der Waals surface area contributed by atoms with Crippen LogP contribution in [-0.4, -0.2) is 64.8 Å². The van der Waals surface area contributed by atoms with E-state index in [9.17, 15) is 9.90 Å². The normalized spacial score (nSPS) is 20.3. The lowest BCUT2D eigenvalue weighted by molar-refractivity contribution is 0.141. The first-order valence-corrected chi connectivity index (χ1v) is 9.70. The van der Waals surface area contributed by atoms with Crippen LogP contribution in [0.1, 0.15) is 23.7 Å². The molecule has 9 heteroatoms. The summed E-state index contributed by atoms with van der Waals surface area (Å²) >= 11 is 1.26. The molecule has 1 aliphatic heterocycles. The summed E-state index contributed by atoms with van der Waals surface area (Å²) in [6.07, 6.45) is 2.48. The number of pyridine rings is 1. The number of carbonyl (C=O) groups excluding carboxylic acids is 1. The Morgan fingerprint density at radius 3 is 2.96 bits per heavy atom. The number of aliphatic hydroxyl groups excluding tert-OH is 1. The van der Waals surface area contributed by atoms with Crippen molar-refractivity contribution < 1.29 is 14.6 Å². The maximum Gasteiger partial charge on any atom is 0.320 e. The van der Waals surface area contributed by atoms with E-state index in [2.05, 4.69) is 24.9 Å². The first kappa shape index (κ1) is 19.5. The molecule has 0 radical (unpaired) electrons. The third-order valence-electron chi connectivity index (χ3n) is 4.67. The quantitative estimate of drug-likeness (QED) is 0.695. The first-order chi connectivity index (χ1) is 13.1. The minimum atomic E-state index is -0.238. The number of nitrogens with one attached hydrogen (secondary N) is 2. The highest BCUT2D eigenvalue weighted by Gasteiger charge is 2.32. The number of hydrogen-bond donors (Lipinski definition) is 3. The van der Waals surface area contributed by atoms with Crippen molar-refractivity contribution in [2.45, 2.75) is 25.3 Å². The predicted molar refractivity (Wildman–Crippen MR) is 104 cm³/mol. The highest BCUT2D eigenvalue weighted by Crippen LogP contribution is 2.27. The van der Waals surface area contributed by atoms with Gasteiger partial charge in [-0.25, -0.2) is 4.79 Å². The Morgan fingerprint density at radius 1 is 1.48 bits per heavy atom. The molecule has 8 nitrogen and oxygen atoms in total. The van der Waals surface area contributed by atoms with E-state index in [1.807, 2.05) is 25.1 Å². The van der Waals surface area contributed by atoms with Crippen LogP contribution in [0.25, 0.3) is 0 Å². The maximum atomic E-state index is 12.4. The summed E-state index contributed by atoms with van der Waals surface area (Å²) in [5, 5.41) is 15.9. The third-order valence-corrected chi connectivity index (χ3v) is 5.47. The average molecular weight is 391 g/mol. The van der Waals surface area contributed by atoms with Crippen molar-refractivity contribution in [3.05, 3.63) is 35.8 Å². The van der Waals surface area contributed by atoms with E-state index in [1.54, 1.807) is 13.3 Å². The Kier molecular flexibility index (Phi) is 6.59. The van der Waals surface area contributed by atoms with Gasteiger partial charge in [-0.2, -0.15) is 4.37 Å². The molecule has 27 heavy (non-hydrogen) atoms. The van der Waals surface area contributed by atoms with E-state index >= 15 is 0 Å². The predicted octanol–water partition coefficient (Wildman–Crippen LogP) is 1.83. The van der Waals surface area contributed by atoms with Crippen molar-refractivity contribution in [3.63, 3.8) is 0 Å². The Hall–Kier alpha value is -2.23. The van der Waals surface area contributed by atoms with E-state index in [4.69, 9.17) is 4.74 Å². The Morgan fingerprint density at radius 2 is 2.33 bits per heavy atom. The standard InChI is InChI=1S/C18H25N5O3S/c1-12-9-17(27-22-12)21-18(25)20-16-5-6-23(7-8-24)11-14(16)15-4-3-13(26-2)10-19-15/h3-4,9-10,14,16,24H,5-8,11H2,1-2H3,(H2,20,21,25). The summed E-state index contributed by atoms with van der Waals surface area (Å²) in [5.41, 5.74) is 1.78. The van der Waals surface area contributed by atoms with Crippen LogP contribution in [-0.2, 0) is 0 Å². The zero-order valence-corrected chi connectivity index (χ0v) is 16.3. The van der Waals surface area contributed by atoms with Gasteiger partial charge < -0.3 is 20.1 Å². The zero-order valence-electron chi connectivity index (χ0n) is 15.5. The highest BCUT2D eigenvalue weighted by molar-refractivity contribution is 7.10. The second-order valence-electron chi connectivity index (χ2n) is 6.58. The van der Waals surface area contributed by atoms with Gasteiger partial charge in [0.1, 0.15) is 10.8 Å². The highest BCUT2D eigenvalue weighted by atomic mass is 32.1. The molecule has 0 spiro atoms. The van der Waals surface area contributed by atoms with Crippen molar-refractivity contribution >= 4 is 22.6 Å². The van der Waals surface area contributed by atoms with Crippen LogP contribution in [0, 0.1) is 6.92 Å². The molecule has 1 saturated heterocycles. The topological polar surface area (TPSA) is 99.6 Å². The molecule has 2 unspecified atom stereocenters. The van der Waals surface area contributed by atoms with Crippen LogP contribution in [0.4, 0.5) is 9.80 Å². The number of nitrogens with zero attached hydrogens (tertiary/aromatic N) is 3. The van der Waals surface area contributed by atoms with Crippen molar-refractivity contribution in [3.8, 4) is 5.75 Å². The van der Waals surface area contributed by atoms with E-state index in [-0.39, 0.29) is 24.6 Å². The number of aliphatic hydroxyl groups is 1. The van der Waals surface area contributed by atoms with E-state index in [0.717, 1.165) is 35.9 Å².